The molecule has 3 aromatic carbocycles. The van der Waals surface area contributed by atoms with Gasteiger partial charge in [0.2, 0.25) is 5.91 Å². The molecule has 9 heteroatoms. The van der Waals surface area contributed by atoms with E-state index in [1.807, 2.05) is 43.4 Å². The molecule has 0 radical (unpaired) electrons. The van der Waals surface area contributed by atoms with E-state index < -0.39 is 11.8 Å². The second-order valence-corrected chi connectivity index (χ2v) is 9.24. The third kappa shape index (κ3) is 6.69. The van der Waals surface area contributed by atoms with Gasteiger partial charge in [0.05, 0.1) is 22.5 Å². The van der Waals surface area contributed by atoms with Gasteiger partial charge in [-0.15, -0.1) is 0 Å². The quantitative estimate of drug-likeness (QED) is 0.158. The SMILES string of the molecule is CNCCCN(C(C)=O)c1ccc(N=C(c2cccc(CCC(=O)O)c2)c2c(O)[nH]c3cc(F)ccc23)cc1. The standard InChI is InChI=1S/C30H31FN4O4/c1-19(36)35(16-4-15-32-2)24-11-9-23(10-12-24)33-29(21-6-3-5-20(17-21)7-14-27(37)38)28-25-13-8-22(31)18-26(25)34-30(28)39/h3,5-6,8-13,17-18,32,34,39H,4,7,14-16H2,1-2H3,(H,37,38). The molecule has 4 rings (SSSR count). The second-order valence-electron chi connectivity index (χ2n) is 9.24. The fourth-order valence-electron chi connectivity index (χ4n) is 4.50. The number of H-pyrrole nitrogens is 1. The van der Waals surface area contributed by atoms with Gasteiger partial charge in [-0.3, -0.25) is 9.59 Å². The maximum absolute atomic E-state index is 13.9. The number of aromatic hydroxyl groups is 1. The number of aromatic nitrogens is 1. The number of aliphatic imine (C=N–C) groups is 1. The van der Waals surface area contributed by atoms with E-state index in [4.69, 9.17) is 10.1 Å². The summed E-state index contributed by atoms with van der Waals surface area (Å²) in [5, 5.41) is 23.7. The van der Waals surface area contributed by atoms with Gasteiger partial charge in [-0.25, -0.2) is 9.38 Å². The van der Waals surface area contributed by atoms with Gasteiger partial charge in [0.15, 0.2) is 5.88 Å². The highest BCUT2D eigenvalue weighted by molar-refractivity contribution is 6.22. The van der Waals surface area contributed by atoms with E-state index in [-0.39, 0.29) is 18.2 Å². The lowest BCUT2D eigenvalue weighted by molar-refractivity contribution is -0.137. The number of amides is 1. The number of halogens is 1. The molecule has 0 spiro atoms. The molecule has 0 atom stereocenters. The summed E-state index contributed by atoms with van der Waals surface area (Å²) in [7, 11) is 1.87. The number of hydrogen-bond donors (Lipinski definition) is 4. The van der Waals surface area contributed by atoms with E-state index in [0.29, 0.717) is 46.4 Å². The fourth-order valence-corrected chi connectivity index (χ4v) is 4.50. The monoisotopic (exact) mass is 530 g/mol. The number of aliphatic carboxylic acids is 1. The molecule has 0 bridgehead atoms. The van der Waals surface area contributed by atoms with Crippen molar-refractivity contribution in [1.29, 1.82) is 0 Å². The number of nitrogens with zero attached hydrogens (tertiary/aromatic N) is 2. The van der Waals surface area contributed by atoms with Crippen LogP contribution in [0.3, 0.4) is 0 Å². The molecule has 0 saturated carbocycles. The molecule has 0 aliphatic heterocycles. The third-order valence-electron chi connectivity index (χ3n) is 6.40. The van der Waals surface area contributed by atoms with Crippen molar-refractivity contribution in [3.63, 3.8) is 0 Å². The molecule has 1 amide bonds. The largest absolute Gasteiger partial charge is 0.494 e. The number of carboxylic acids is 1. The summed E-state index contributed by atoms with van der Waals surface area (Å²) in [5.74, 6) is -1.55. The first-order valence-electron chi connectivity index (χ1n) is 12.7. The Bertz CT molecular complexity index is 1510. The molecule has 39 heavy (non-hydrogen) atoms. The first kappa shape index (κ1) is 27.5. The molecule has 1 aromatic heterocycles. The van der Waals surface area contributed by atoms with Crippen molar-refractivity contribution in [1.82, 2.24) is 10.3 Å². The van der Waals surface area contributed by atoms with Crippen molar-refractivity contribution in [2.45, 2.75) is 26.2 Å². The predicted octanol–water partition coefficient (Wildman–Crippen LogP) is 5.16. The van der Waals surface area contributed by atoms with Gasteiger partial charge in [-0.2, -0.15) is 0 Å². The Morgan fingerprint density at radius 2 is 1.85 bits per heavy atom. The fraction of sp³-hybridized carbons (Fsp3) is 0.233. The average Bonchev–Trinajstić information content (AvgIpc) is 3.23. The van der Waals surface area contributed by atoms with Crippen molar-refractivity contribution in [2.75, 3.05) is 25.0 Å². The number of rotatable bonds is 11. The van der Waals surface area contributed by atoms with E-state index >= 15 is 0 Å². The number of carbonyl (C=O) groups excluding carboxylic acids is 1. The summed E-state index contributed by atoms with van der Waals surface area (Å²) < 4.78 is 13.9. The number of benzene rings is 3. The van der Waals surface area contributed by atoms with E-state index in [1.165, 1.54) is 19.1 Å². The molecule has 1 heterocycles. The van der Waals surface area contributed by atoms with Crippen LogP contribution in [0.2, 0.25) is 0 Å². The third-order valence-corrected chi connectivity index (χ3v) is 6.40. The Balaban J connectivity index is 1.79. The lowest BCUT2D eigenvalue weighted by atomic mass is 9.97. The summed E-state index contributed by atoms with van der Waals surface area (Å²) >= 11 is 0. The van der Waals surface area contributed by atoms with Crippen LogP contribution in [0.4, 0.5) is 15.8 Å². The van der Waals surface area contributed by atoms with Gasteiger partial charge in [-0.1, -0.05) is 18.2 Å². The van der Waals surface area contributed by atoms with Crippen molar-refractivity contribution in [3.05, 3.63) is 89.2 Å². The van der Waals surface area contributed by atoms with Crippen LogP contribution in [0, 0.1) is 5.82 Å². The molecule has 0 saturated heterocycles. The van der Waals surface area contributed by atoms with E-state index in [1.54, 1.807) is 23.1 Å². The molecular weight excluding hydrogens is 499 g/mol. The van der Waals surface area contributed by atoms with Crippen LogP contribution < -0.4 is 10.2 Å². The second kappa shape index (κ2) is 12.4. The Hall–Kier alpha value is -4.50. The average molecular weight is 531 g/mol. The minimum atomic E-state index is -0.892. The Morgan fingerprint density at radius 1 is 1.08 bits per heavy atom. The smallest absolute Gasteiger partial charge is 0.303 e. The minimum Gasteiger partial charge on any atom is -0.494 e. The van der Waals surface area contributed by atoms with Crippen LogP contribution in [0.25, 0.3) is 10.9 Å². The number of carbonyl (C=O) groups is 2. The highest BCUT2D eigenvalue weighted by atomic mass is 19.1. The topological polar surface area (TPSA) is 118 Å². The molecule has 0 fully saturated rings. The first-order valence-corrected chi connectivity index (χ1v) is 12.7. The Morgan fingerprint density at radius 3 is 2.54 bits per heavy atom. The van der Waals surface area contributed by atoms with E-state index in [2.05, 4.69) is 10.3 Å². The van der Waals surface area contributed by atoms with Crippen molar-refractivity contribution in [3.8, 4) is 5.88 Å². The normalized spacial score (nSPS) is 11.6. The number of aryl methyl sites for hydroxylation is 1. The maximum atomic E-state index is 13.9. The van der Waals surface area contributed by atoms with Gasteiger partial charge < -0.3 is 25.4 Å². The summed E-state index contributed by atoms with van der Waals surface area (Å²) in [5.41, 5.74) is 4.07. The van der Waals surface area contributed by atoms with Crippen molar-refractivity contribution >= 4 is 39.9 Å². The number of nitrogens with one attached hydrogen (secondary N) is 2. The zero-order valence-electron chi connectivity index (χ0n) is 21.9. The van der Waals surface area contributed by atoms with Crippen LogP contribution in [0.1, 0.15) is 36.5 Å². The predicted molar refractivity (Wildman–Crippen MR) is 151 cm³/mol. The maximum Gasteiger partial charge on any atom is 0.303 e. The molecular formula is C30H31FN4O4. The summed E-state index contributed by atoms with van der Waals surface area (Å²) in [6.45, 7) is 2.90. The minimum absolute atomic E-state index is 0.0179. The number of hydrogen-bond acceptors (Lipinski definition) is 5. The number of carboxylic acid groups (broad SMARTS) is 1. The highest BCUT2D eigenvalue weighted by Crippen LogP contribution is 2.32. The van der Waals surface area contributed by atoms with Gasteiger partial charge in [0.25, 0.3) is 0 Å². The van der Waals surface area contributed by atoms with E-state index in [9.17, 15) is 19.1 Å². The zero-order chi connectivity index (χ0) is 27.9. The van der Waals surface area contributed by atoms with Crippen LogP contribution in [-0.4, -0.2) is 52.9 Å². The Labute approximate surface area is 225 Å². The van der Waals surface area contributed by atoms with Crippen LogP contribution in [0.15, 0.2) is 71.7 Å². The number of anilines is 1. The molecule has 8 nitrogen and oxygen atoms in total. The number of fused-ring (bicyclic) bond motifs is 1. The first-order chi connectivity index (χ1) is 18.8. The van der Waals surface area contributed by atoms with Crippen LogP contribution in [0.5, 0.6) is 5.88 Å². The van der Waals surface area contributed by atoms with Gasteiger partial charge in [0.1, 0.15) is 5.82 Å². The van der Waals surface area contributed by atoms with Crippen molar-refractivity contribution in [2.24, 2.45) is 4.99 Å². The lowest BCUT2D eigenvalue weighted by Crippen LogP contribution is -2.31. The van der Waals surface area contributed by atoms with Gasteiger partial charge in [-0.05, 0) is 80.5 Å². The molecule has 4 N–H and O–H groups in total. The summed E-state index contributed by atoms with van der Waals surface area (Å²) in [6, 6.07) is 18.8. The zero-order valence-corrected chi connectivity index (χ0v) is 21.9. The van der Waals surface area contributed by atoms with Crippen LogP contribution >= 0.6 is 0 Å². The highest BCUT2D eigenvalue weighted by Gasteiger charge is 2.20. The van der Waals surface area contributed by atoms with Gasteiger partial charge >= 0.3 is 5.97 Å². The molecule has 202 valence electrons. The lowest BCUT2D eigenvalue weighted by Gasteiger charge is -2.21. The molecule has 0 aliphatic carbocycles. The summed E-state index contributed by atoms with van der Waals surface area (Å²) in [4.78, 5) is 32.8. The number of aromatic amines is 1. The summed E-state index contributed by atoms with van der Waals surface area (Å²) in [6.07, 6.45) is 1.12. The molecule has 4 aromatic rings. The van der Waals surface area contributed by atoms with Crippen molar-refractivity contribution < 1.29 is 24.2 Å². The van der Waals surface area contributed by atoms with E-state index in [0.717, 1.165) is 24.2 Å². The Kier molecular flexibility index (Phi) is 8.73. The molecule has 0 aliphatic rings. The van der Waals surface area contributed by atoms with Gasteiger partial charge in [0, 0.05) is 36.5 Å². The van der Waals surface area contributed by atoms with Crippen LogP contribution in [-0.2, 0) is 16.0 Å². The molecule has 0 unspecified atom stereocenters.